The predicted octanol–water partition coefficient (Wildman–Crippen LogP) is 0.168. The number of aliphatic hydroxyl groups is 1. The molecule has 0 aliphatic heterocycles. The lowest BCUT2D eigenvalue weighted by Gasteiger charge is -2.27. The monoisotopic (exact) mass is 301 g/mol. The summed E-state index contributed by atoms with van der Waals surface area (Å²) in [6.45, 7) is 3.63. The van der Waals surface area contributed by atoms with Crippen LogP contribution in [0.1, 0.15) is 12.5 Å². The lowest BCUT2D eigenvalue weighted by atomic mass is 10.1. The Hall–Kier alpha value is -1.15. The zero-order chi connectivity index (χ0) is 15.6. The zero-order valence-electron chi connectivity index (χ0n) is 12.3. The van der Waals surface area contributed by atoms with Crippen molar-refractivity contribution in [3.8, 4) is 0 Å². The van der Waals surface area contributed by atoms with Gasteiger partial charge in [0.05, 0.1) is 10.5 Å². The molecule has 1 unspecified atom stereocenters. The second kappa shape index (κ2) is 6.09. The largest absolute Gasteiger partial charge is 0.399 e. The lowest BCUT2D eigenvalue weighted by molar-refractivity contribution is 0.0386. The summed E-state index contributed by atoms with van der Waals surface area (Å²) in [5.41, 5.74) is 5.78. The second-order valence-electron chi connectivity index (χ2n) is 5.58. The van der Waals surface area contributed by atoms with E-state index in [1.165, 1.54) is 12.1 Å². The van der Waals surface area contributed by atoms with Crippen LogP contribution in [0.4, 0.5) is 5.69 Å². The van der Waals surface area contributed by atoms with E-state index in [-0.39, 0.29) is 11.4 Å². The summed E-state index contributed by atoms with van der Waals surface area (Å²) in [5, 5.41) is 10.1. The van der Waals surface area contributed by atoms with Crippen LogP contribution in [0.25, 0.3) is 0 Å². The molecule has 1 atom stereocenters. The highest BCUT2D eigenvalue weighted by molar-refractivity contribution is 7.89. The predicted molar refractivity (Wildman–Crippen MR) is 80.0 cm³/mol. The van der Waals surface area contributed by atoms with Crippen molar-refractivity contribution in [1.82, 2.24) is 9.62 Å². The molecule has 1 aromatic carbocycles. The van der Waals surface area contributed by atoms with Gasteiger partial charge < -0.3 is 15.7 Å². The van der Waals surface area contributed by atoms with Gasteiger partial charge in [-0.1, -0.05) is 0 Å². The van der Waals surface area contributed by atoms with E-state index in [0.29, 0.717) is 17.8 Å². The molecule has 4 N–H and O–H groups in total. The standard InChI is InChI=1S/C13H23N3O3S/c1-10-7-11(5-6-12(10)14)20(18,19)15-8-13(2,17)9-16(3)4/h5-7,15,17H,8-9,14H2,1-4H3. The summed E-state index contributed by atoms with van der Waals surface area (Å²) in [5.74, 6) is 0. The smallest absolute Gasteiger partial charge is 0.240 e. The van der Waals surface area contributed by atoms with Crippen molar-refractivity contribution in [2.24, 2.45) is 0 Å². The Labute approximate surface area is 120 Å². The molecule has 0 heterocycles. The molecule has 0 fully saturated rings. The SMILES string of the molecule is Cc1cc(S(=O)(=O)NCC(C)(O)CN(C)C)ccc1N. The van der Waals surface area contributed by atoms with E-state index in [0.717, 1.165) is 0 Å². The number of anilines is 1. The van der Waals surface area contributed by atoms with Gasteiger partial charge in [-0.05, 0) is 51.7 Å². The van der Waals surface area contributed by atoms with Gasteiger partial charge in [0.1, 0.15) is 0 Å². The summed E-state index contributed by atoms with van der Waals surface area (Å²) < 4.78 is 26.7. The molecule has 0 aromatic heterocycles. The molecule has 1 rings (SSSR count). The summed E-state index contributed by atoms with van der Waals surface area (Å²) in [6, 6.07) is 4.52. The van der Waals surface area contributed by atoms with E-state index >= 15 is 0 Å². The third-order valence-electron chi connectivity index (χ3n) is 2.85. The van der Waals surface area contributed by atoms with Crippen molar-refractivity contribution in [3.05, 3.63) is 23.8 Å². The van der Waals surface area contributed by atoms with Crippen LogP contribution in [-0.2, 0) is 10.0 Å². The van der Waals surface area contributed by atoms with Crippen LogP contribution in [0.15, 0.2) is 23.1 Å². The van der Waals surface area contributed by atoms with Gasteiger partial charge in [-0.2, -0.15) is 0 Å². The van der Waals surface area contributed by atoms with E-state index in [1.807, 2.05) is 14.1 Å². The van der Waals surface area contributed by atoms with Crippen molar-refractivity contribution in [2.75, 3.05) is 32.9 Å². The molecule has 0 spiro atoms. The first-order valence-electron chi connectivity index (χ1n) is 6.26. The number of nitrogen functional groups attached to an aromatic ring is 1. The molecule has 7 heteroatoms. The number of nitrogens with zero attached hydrogens (tertiary/aromatic N) is 1. The topological polar surface area (TPSA) is 95.7 Å². The van der Waals surface area contributed by atoms with Gasteiger partial charge in [-0.15, -0.1) is 0 Å². The van der Waals surface area contributed by atoms with Gasteiger partial charge in [0.15, 0.2) is 0 Å². The lowest BCUT2D eigenvalue weighted by Crippen LogP contribution is -2.47. The van der Waals surface area contributed by atoms with E-state index < -0.39 is 15.6 Å². The molecular weight excluding hydrogens is 278 g/mol. The Morgan fingerprint density at radius 3 is 2.50 bits per heavy atom. The minimum atomic E-state index is -3.65. The zero-order valence-corrected chi connectivity index (χ0v) is 13.2. The third kappa shape index (κ3) is 4.75. The van der Waals surface area contributed by atoms with Gasteiger partial charge in [-0.3, -0.25) is 0 Å². The fourth-order valence-corrected chi connectivity index (χ4v) is 3.13. The molecule has 0 aliphatic carbocycles. The highest BCUT2D eigenvalue weighted by Gasteiger charge is 2.25. The van der Waals surface area contributed by atoms with E-state index in [1.54, 1.807) is 24.8 Å². The molecular formula is C13H23N3O3S. The Bertz CT molecular complexity index is 568. The maximum absolute atomic E-state index is 12.2. The van der Waals surface area contributed by atoms with E-state index in [9.17, 15) is 13.5 Å². The van der Waals surface area contributed by atoms with Crippen LogP contribution in [-0.4, -0.2) is 51.2 Å². The summed E-state index contributed by atoms with van der Waals surface area (Å²) in [7, 11) is -0.0290. The number of nitrogens with one attached hydrogen (secondary N) is 1. The number of likely N-dealkylation sites (N-methyl/N-ethyl adjacent to an activating group) is 1. The maximum atomic E-state index is 12.2. The van der Waals surface area contributed by atoms with E-state index in [4.69, 9.17) is 5.73 Å². The molecule has 0 saturated heterocycles. The van der Waals surface area contributed by atoms with Gasteiger partial charge in [0.2, 0.25) is 10.0 Å². The molecule has 114 valence electrons. The van der Waals surface area contributed by atoms with Crippen LogP contribution >= 0.6 is 0 Å². The molecule has 20 heavy (non-hydrogen) atoms. The average Bonchev–Trinajstić information content (AvgIpc) is 2.29. The number of benzene rings is 1. The second-order valence-corrected chi connectivity index (χ2v) is 7.34. The number of sulfonamides is 1. The molecule has 0 aliphatic rings. The number of rotatable bonds is 6. The Morgan fingerprint density at radius 1 is 1.40 bits per heavy atom. The fourth-order valence-electron chi connectivity index (χ4n) is 1.89. The number of nitrogens with two attached hydrogens (primary N) is 1. The quantitative estimate of drug-likeness (QED) is 0.651. The summed E-state index contributed by atoms with van der Waals surface area (Å²) >= 11 is 0. The van der Waals surface area contributed by atoms with Crippen molar-refractivity contribution < 1.29 is 13.5 Å². The van der Waals surface area contributed by atoms with Crippen molar-refractivity contribution in [3.63, 3.8) is 0 Å². The number of hydrogen-bond donors (Lipinski definition) is 3. The van der Waals surface area contributed by atoms with Gasteiger partial charge >= 0.3 is 0 Å². The normalized spacial score (nSPS) is 15.3. The molecule has 1 aromatic rings. The Balaban J connectivity index is 2.82. The summed E-state index contributed by atoms with van der Waals surface area (Å²) in [6.07, 6.45) is 0. The number of aryl methyl sites for hydroxylation is 1. The molecule has 0 radical (unpaired) electrons. The first kappa shape index (κ1) is 16.9. The molecule has 0 saturated carbocycles. The van der Waals surface area contributed by atoms with Crippen LogP contribution in [0.5, 0.6) is 0 Å². The third-order valence-corrected chi connectivity index (χ3v) is 4.25. The fraction of sp³-hybridized carbons (Fsp3) is 0.538. The minimum absolute atomic E-state index is 0.0586. The van der Waals surface area contributed by atoms with Gasteiger partial charge in [0.25, 0.3) is 0 Å². The first-order chi connectivity index (χ1) is 9.03. The van der Waals surface area contributed by atoms with Crippen LogP contribution in [0.3, 0.4) is 0 Å². The van der Waals surface area contributed by atoms with Gasteiger partial charge in [-0.25, -0.2) is 13.1 Å². The number of hydrogen-bond acceptors (Lipinski definition) is 5. The van der Waals surface area contributed by atoms with Crippen LogP contribution in [0, 0.1) is 6.92 Å². The van der Waals surface area contributed by atoms with Crippen molar-refractivity contribution in [2.45, 2.75) is 24.3 Å². The summed E-state index contributed by atoms with van der Waals surface area (Å²) in [4.78, 5) is 1.94. The minimum Gasteiger partial charge on any atom is -0.399 e. The Morgan fingerprint density at radius 2 is 2.00 bits per heavy atom. The van der Waals surface area contributed by atoms with Gasteiger partial charge in [0, 0.05) is 18.8 Å². The van der Waals surface area contributed by atoms with Crippen LogP contribution in [0.2, 0.25) is 0 Å². The Kier molecular flexibility index (Phi) is 5.15. The highest BCUT2D eigenvalue weighted by Crippen LogP contribution is 2.17. The molecule has 0 bridgehead atoms. The van der Waals surface area contributed by atoms with Crippen molar-refractivity contribution >= 4 is 15.7 Å². The maximum Gasteiger partial charge on any atom is 0.240 e. The molecule has 0 amide bonds. The average molecular weight is 301 g/mol. The van der Waals surface area contributed by atoms with Crippen LogP contribution < -0.4 is 10.5 Å². The van der Waals surface area contributed by atoms with E-state index in [2.05, 4.69) is 4.72 Å². The molecule has 6 nitrogen and oxygen atoms in total. The highest BCUT2D eigenvalue weighted by atomic mass is 32.2. The first-order valence-corrected chi connectivity index (χ1v) is 7.75. The van der Waals surface area contributed by atoms with Crippen molar-refractivity contribution in [1.29, 1.82) is 0 Å².